The molecule has 16 heavy (non-hydrogen) atoms. The highest BCUT2D eigenvalue weighted by Crippen LogP contribution is 2.19. The number of aromatic nitrogens is 2. The predicted molar refractivity (Wildman–Crippen MR) is 76.5 cm³/mol. The number of nitrogens with zero attached hydrogens (tertiary/aromatic N) is 2. The average molecular weight is 368 g/mol. The molecule has 0 amide bonds. The Morgan fingerprint density at radius 3 is 2.50 bits per heavy atom. The Labute approximate surface area is 117 Å². The normalized spacial score (nSPS) is 11.1. The van der Waals surface area contributed by atoms with Crippen LogP contribution in [0, 0.1) is 0 Å². The molecule has 0 aromatic carbocycles. The van der Waals surface area contributed by atoms with Crippen LogP contribution in [-0.4, -0.2) is 20.6 Å². The summed E-state index contributed by atoms with van der Waals surface area (Å²) >= 11 is 11.7. The van der Waals surface area contributed by atoms with Crippen molar-refractivity contribution in [2.24, 2.45) is 0 Å². The standard InChI is InChI=1S/C9H12Br2N4S/c1-9(2,3)15-8(16)14-7-6(11)13-5(10)4-12-7/h4H,1-3H3,(H2,12,14,15,16). The van der Waals surface area contributed by atoms with Crippen LogP contribution in [0.25, 0.3) is 0 Å². The first-order valence-corrected chi connectivity index (χ1v) is 6.54. The van der Waals surface area contributed by atoms with Crippen LogP contribution in [-0.2, 0) is 0 Å². The molecule has 0 saturated carbocycles. The smallest absolute Gasteiger partial charge is 0.172 e. The Morgan fingerprint density at radius 1 is 1.38 bits per heavy atom. The van der Waals surface area contributed by atoms with Crippen molar-refractivity contribution in [3.05, 3.63) is 15.4 Å². The molecule has 0 bridgehead atoms. The summed E-state index contributed by atoms with van der Waals surface area (Å²) in [5, 5.41) is 6.62. The lowest BCUT2D eigenvalue weighted by molar-refractivity contribution is 0.514. The molecule has 4 nitrogen and oxygen atoms in total. The minimum Gasteiger partial charge on any atom is -0.358 e. The molecule has 2 N–H and O–H groups in total. The minimum absolute atomic E-state index is 0.0840. The third kappa shape index (κ3) is 4.71. The maximum atomic E-state index is 5.15. The number of halogens is 2. The first kappa shape index (κ1) is 13.8. The van der Waals surface area contributed by atoms with Crippen LogP contribution in [0.4, 0.5) is 5.82 Å². The van der Waals surface area contributed by atoms with Gasteiger partial charge in [0.05, 0.1) is 6.20 Å². The maximum Gasteiger partial charge on any atom is 0.172 e. The fraction of sp³-hybridized carbons (Fsp3) is 0.444. The zero-order chi connectivity index (χ0) is 12.3. The van der Waals surface area contributed by atoms with Gasteiger partial charge in [0, 0.05) is 5.54 Å². The van der Waals surface area contributed by atoms with Gasteiger partial charge in [0.25, 0.3) is 0 Å². The second-order valence-electron chi connectivity index (χ2n) is 4.16. The fourth-order valence-corrected chi connectivity index (χ4v) is 2.22. The lowest BCUT2D eigenvalue weighted by atomic mass is 10.1. The molecule has 1 rings (SSSR count). The van der Waals surface area contributed by atoms with Crippen molar-refractivity contribution in [2.75, 3.05) is 5.32 Å². The molecule has 1 aromatic rings. The lowest BCUT2D eigenvalue weighted by Crippen LogP contribution is -2.43. The van der Waals surface area contributed by atoms with Gasteiger partial charge in [-0.3, -0.25) is 0 Å². The van der Waals surface area contributed by atoms with Gasteiger partial charge in [-0.05, 0) is 64.8 Å². The number of rotatable bonds is 1. The van der Waals surface area contributed by atoms with E-state index < -0.39 is 0 Å². The van der Waals surface area contributed by atoms with Gasteiger partial charge in [0.15, 0.2) is 10.9 Å². The number of hydrogen-bond donors (Lipinski definition) is 2. The molecular formula is C9H12Br2N4S. The van der Waals surface area contributed by atoms with E-state index >= 15 is 0 Å². The van der Waals surface area contributed by atoms with Gasteiger partial charge >= 0.3 is 0 Å². The molecule has 0 spiro atoms. The topological polar surface area (TPSA) is 49.8 Å². The number of nitrogens with one attached hydrogen (secondary N) is 2. The van der Waals surface area contributed by atoms with E-state index in [-0.39, 0.29) is 5.54 Å². The van der Waals surface area contributed by atoms with E-state index in [2.05, 4.69) is 52.5 Å². The Kier molecular flexibility index (Phi) is 4.63. The number of hydrogen-bond acceptors (Lipinski definition) is 3. The Morgan fingerprint density at radius 2 is 2.00 bits per heavy atom. The fourth-order valence-electron chi connectivity index (χ4n) is 0.910. The molecule has 1 heterocycles. The summed E-state index contributed by atoms with van der Waals surface area (Å²) < 4.78 is 1.28. The van der Waals surface area contributed by atoms with Gasteiger partial charge in [-0.2, -0.15) is 0 Å². The van der Waals surface area contributed by atoms with Gasteiger partial charge in [-0.1, -0.05) is 0 Å². The van der Waals surface area contributed by atoms with Crippen molar-refractivity contribution in [1.29, 1.82) is 0 Å². The van der Waals surface area contributed by atoms with Crippen LogP contribution in [0.1, 0.15) is 20.8 Å². The minimum atomic E-state index is -0.0840. The summed E-state index contributed by atoms with van der Waals surface area (Å²) in [6.45, 7) is 6.09. The van der Waals surface area contributed by atoms with Crippen LogP contribution in [0.3, 0.4) is 0 Å². The summed E-state index contributed by atoms with van der Waals surface area (Å²) in [6.07, 6.45) is 1.60. The highest BCUT2D eigenvalue weighted by molar-refractivity contribution is 9.11. The molecule has 0 unspecified atom stereocenters. The van der Waals surface area contributed by atoms with E-state index in [9.17, 15) is 0 Å². The van der Waals surface area contributed by atoms with E-state index in [1.54, 1.807) is 6.20 Å². The van der Waals surface area contributed by atoms with Gasteiger partial charge in [0.2, 0.25) is 0 Å². The lowest BCUT2D eigenvalue weighted by Gasteiger charge is -2.22. The van der Waals surface area contributed by atoms with E-state index in [0.29, 0.717) is 20.1 Å². The Hall–Kier alpha value is -0.270. The molecule has 0 aliphatic carbocycles. The van der Waals surface area contributed by atoms with Crippen molar-refractivity contribution < 1.29 is 0 Å². The highest BCUT2D eigenvalue weighted by atomic mass is 79.9. The van der Waals surface area contributed by atoms with Gasteiger partial charge in [-0.15, -0.1) is 0 Å². The van der Waals surface area contributed by atoms with Crippen LogP contribution >= 0.6 is 44.1 Å². The molecule has 7 heteroatoms. The monoisotopic (exact) mass is 366 g/mol. The molecular weight excluding hydrogens is 356 g/mol. The first-order chi connectivity index (χ1) is 7.28. The van der Waals surface area contributed by atoms with E-state index in [0.717, 1.165) is 0 Å². The largest absolute Gasteiger partial charge is 0.358 e. The second-order valence-corrected chi connectivity index (χ2v) is 6.13. The summed E-state index contributed by atoms with van der Waals surface area (Å²) in [4.78, 5) is 8.30. The van der Waals surface area contributed by atoms with Crippen LogP contribution in [0.2, 0.25) is 0 Å². The Bertz CT molecular complexity index is 403. The predicted octanol–water partition coefficient (Wildman–Crippen LogP) is 3.09. The van der Waals surface area contributed by atoms with Crippen molar-refractivity contribution in [1.82, 2.24) is 15.3 Å². The van der Waals surface area contributed by atoms with Crippen molar-refractivity contribution >= 4 is 55.0 Å². The van der Waals surface area contributed by atoms with E-state index in [4.69, 9.17) is 12.2 Å². The zero-order valence-corrected chi connectivity index (χ0v) is 13.1. The second kappa shape index (κ2) is 5.37. The first-order valence-electron chi connectivity index (χ1n) is 4.55. The quantitative estimate of drug-likeness (QED) is 0.747. The van der Waals surface area contributed by atoms with Crippen molar-refractivity contribution in [2.45, 2.75) is 26.3 Å². The van der Waals surface area contributed by atoms with E-state index in [1.165, 1.54) is 0 Å². The Balaban J connectivity index is 2.70. The molecule has 0 aliphatic rings. The van der Waals surface area contributed by atoms with Gasteiger partial charge in [0.1, 0.15) is 9.21 Å². The molecule has 0 aliphatic heterocycles. The molecule has 0 saturated heterocycles. The molecule has 0 radical (unpaired) electrons. The summed E-state index contributed by atoms with van der Waals surface area (Å²) in [6, 6.07) is 0. The van der Waals surface area contributed by atoms with Crippen LogP contribution < -0.4 is 10.6 Å². The number of anilines is 1. The maximum absolute atomic E-state index is 5.15. The van der Waals surface area contributed by atoms with E-state index in [1.807, 2.05) is 20.8 Å². The molecule has 0 atom stereocenters. The van der Waals surface area contributed by atoms with Crippen molar-refractivity contribution in [3.63, 3.8) is 0 Å². The molecule has 88 valence electrons. The van der Waals surface area contributed by atoms with Crippen molar-refractivity contribution in [3.8, 4) is 0 Å². The summed E-state index contributed by atoms with van der Waals surface area (Å²) in [7, 11) is 0. The average Bonchev–Trinajstić information content (AvgIpc) is 2.06. The third-order valence-electron chi connectivity index (χ3n) is 1.42. The van der Waals surface area contributed by atoms with Gasteiger partial charge < -0.3 is 10.6 Å². The SMILES string of the molecule is CC(C)(C)NC(=S)Nc1ncc(Br)nc1Br. The molecule has 1 aromatic heterocycles. The summed E-state index contributed by atoms with van der Waals surface area (Å²) in [5.41, 5.74) is -0.0840. The van der Waals surface area contributed by atoms with Crippen LogP contribution in [0.5, 0.6) is 0 Å². The van der Waals surface area contributed by atoms with Gasteiger partial charge in [-0.25, -0.2) is 9.97 Å². The molecule has 0 fully saturated rings. The third-order valence-corrected chi connectivity index (χ3v) is 2.56. The zero-order valence-electron chi connectivity index (χ0n) is 9.14. The highest BCUT2D eigenvalue weighted by Gasteiger charge is 2.12. The number of thiocarbonyl (C=S) groups is 1. The summed E-state index contributed by atoms with van der Waals surface area (Å²) in [5.74, 6) is 0.588. The van der Waals surface area contributed by atoms with Crippen LogP contribution in [0.15, 0.2) is 15.4 Å².